The molecule has 22 heavy (non-hydrogen) atoms. The Balaban J connectivity index is 1.92. The minimum Gasteiger partial charge on any atom is -0.401 e. The van der Waals surface area contributed by atoms with Gasteiger partial charge in [0.05, 0.1) is 22.2 Å². The van der Waals surface area contributed by atoms with Gasteiger partial charge >= 0.3 is 5.88 Å². The molecule has 8 heteroatoms. The molecule has 0 saturated carbocycles. The van der Waals surface area contributed by atoms with Gasteiger partial charge in [0.25, 0.3) is 0 Å². The van der Waals surface area contributed by atoms with E-state index in [0.717, 1.165) is 10.6 Å². The third kappa shape index (κ3) is 2.81. The van der Waals surface area contributed by atoms with E-state index in [2.05, 4.69) is 4.98 Å². The zero-order valence-electron chi connectivity index (χ0n) is 10.9. The number of hydrogen-bond acceptors (Lipinski definition) is 7. The molecule has 0 saturated heterocycles. The Morgan fingerprint density at radius 3 is 2.91 bits per heavy atom. The summed E-state index contributed by atoms with van der Waals surface area (Å²) in [6.07, 6.45) is 1.45. The maximum atomic E-state index is 10.6. The second-order valence-corrected chi connectivity index (χ2v) is 5.92. The maximum Gasteiger partial charge on any atom is 0.433 e. The predicted molar refractivity (Wildman–Crippen MR) is 84.3 cm³/mol. The van der Waals surface area contributed by atoms with Gasteiger partial charge in [-0.25, -0.2) is 4.98 Å². The van der Waals surface area contributed by atoms with Crippen LogP contribution in [0.4, 0.5) is 5.88 Å². The molecule has 0 N–H and O–H groups in total. The molecule has 3 aromatic rings. The standard InChI is InChI=1S/C14H7N3O3S2/c15-7-9(6-10-3-4-13(20-10)17(18)19)14-16-11(8-22-14)12-2-1-5-21-12/h1-6,8H/b9-6-. The molecule has 3 heterocycles. The smallest absolute Gasteiger partial charge is 0.401 e. The quantitative estimate of drug-likeness (QED) is 0.401. The summed E-state index contributed by atoms with van der Waals surface area (Å²) in [6.45, 7) is 0. The molecule has 0 fully saturated rings. The third-order valence-corrected chi connectivity index (χ3v) is 4.48. The molecule has 0 bridgehead atoms. The van der Waals surface area contributed by atoms with Gasteiger partial charge in [0.15, 0.2) is 0 Å². The topological polar surface area (TPSA) is 93.0 Å². The third-order valence-electron chi connectivity index (χ3n) is 2.71. The summed E-state index contributed by atoms with van der Waals surface area (Å²) >= 11 is 2.91. The highest BCUT2D eigenvalue weighted by molar-refractivity contribution is 7.14. The number of nitrogens with zero attached hydrogens (tertiary/aromatic N) is 3. The Morgan fingerprint density at radius 1 is 1.41 bits per heavy atom. The van der Waals surface area contributed by atoms with Gasteiger partial charge in [0.2, 0.25) is 0 Å². The van der Waals surface area contributed by atoms with E-state index < -0.39 is 4.92 Å². The van der Waals surface area contributed by atoms with Crippen molar-refractivity contribution >= 4 is 40.2 Å². The Bertz CT molecular complexity index is 885. The van der Waals surface area contributed by atoms with E-state index in [0.29, 0.717) is 10.6 Å². The molecule has 0 spiro atoms. The number of hydrogen-bond donors (Lipinski definition) is 0. The van der Waals surface area contributed by atoms with Gasteiger partial charge in [-0.3, -0.25) is 10.1 Å². The number of nitriles is 1. The van der Waals surface area contributed by atoms with E-state index in [4.69, 9.17) is 4.42 Å². The highest BCUT2D eigenvalue weighted by Gasteiger charge is 2.13. The zero-order chi connectivity index (χ0) is 15.5. The summed E-state index contributed by atoms with van der Waals surface area (Å²) in [6, 6.07) is 8.63. The summed E-state index contributed by atoms with van der Waals surface area (Å²) < 4.78 is 5.03. The van der Waals surface area contributed by atoms with Crippen LogP contribution in [0.15, 0.2) is 39.4 Å². The number of aromatic nitrogens is 1. The van der Waals surface area contributed by atoms with Gasteiger partial charge in [-0.1, -0.05) is 6.07 Å². The van der Waals surface area contributed by atoms with E-state index >= 15 is 0 Å². The first kappa shape index (κ1) is 14.2. The number of thiazole rings is 1. The molecule has 3 rings (SSSR count). The first-order chi connectivity index (χ1) is 10.7. The summed E-state index contributed by atoms with van der Waals surface area (Å²) in [4.78, 5) is 15.4. The molecule has 0 radical (unpaired) electrons. The van der Waals surface area contributed by atoms with E-state index in [-0.39, 0.29) is 11.6 Å². The van der Waals surface area contributed by atoms with Crippen LogP contribution in [-0.4, -0.2) is 9.91 Å². The van der Waals surface area contributed by atoms with Gasteiger partial charge in [0.1, 0.15) is 21.8 Å². The van der Waals surface area contributed by atoms with Crippen LogP contribution in [0.5, 0.6) is 0 Å². The Kier molecular flexibility index (Phi) is 3.82. The molecule has 0 aromatic carbocycles. The van der Waals surface area contributed by atoms with E-state index in [1.54, 1.807) is 11.3 Å². The lowest BCUT2D eigenvalue weighted by Gasteiger charge is -1.91. The minimum absolute atomic E-state index is 0.246. The number of thiophene rings is 1. The maximum absolute atomic E-state index is 10.6. The molecule has 0 unspecified atom stereocenters. The normalized spacial score (nSPS) is 11.3. The first-order valence-electron chi connectivity index (χ1n) is 6.03. The van der Waals surface area contributed by atoms with Crippen LogP contribution in [-0.2, 0) is 0 Å². The number of furan rings is 1. The van der Waals surface area contributed by atoms with E-state index in [1.807, 2.05) is 29.0 Å². The largest absolute Gasteiger partial charge is 0.433 e. The van der Waals surface area contributed by atoms with Crippen molar-refractivity contribution in [3.63, 3.8) is 0 Å². The molecule has 0 atom stereocenters. The molecular formula is C14H7N3O3S2. The molecule has 0 amide bonds. The highest BCUT2D eigenvalue weighted by atomic mass is 32.1. The van der Waals surface area contributed by atoms with Crippen molar-refractivity contribution in [1.82, 2.24) is 4.98 Å². The second kappa shape index (κ2) is 5.93. The summed E-state index contributed by atoms with van der Waals surface area (Å²) in [5, 5.41) is 24.2. The van der Waals surface area contributed by atoms with Crippen molar-refractivity contribution in [2.45, 2.75) is 0 Å². The van der Waals surface area contributed by atoms with Crippen LogP contribution in [0.1, 0.15) is 10.8 Å². The molecule has 3 aromatic heterocycles. The van der Waals surface area contributed by atoms with Gasteiger partial charge < -0.3 is 4.42 Å². The van der Waals surface area contributed by atoms with Crippen LogP contribution in [0.2, 0.25) is 0 Å². The molecule has 0 aliphatic carbocycles. The van der Waals surface area contributed by atoms with Crippen molar-refractivity contribution in [2.75, 3.05) is 0 Å². The van der Waals surface area contributed by atoms with Gasteiger partial charge in [-0.2, -0.15) is 5.26 Å². The van der Waals surface area contributed by atoms with E-state index in [1.165, 1.54) is 29.5 Å². The molecular weight excluding hydrogens is 322 g/mol. The average Bonchev–Trinajstić information content (AvgIpc) is 3.23. The fraction of sp³-hybridized carbons (Fsp3) is 0. The lowest BCUT2D eigenvalue weighted by atomic mass is 10.2. The molecule has 0 aliphatic heterocycles. The zero-order valence-corrected chi connectivity index (χ0v) is 12.6. The van der Waals surface area contributed by atoms with Gasteiger partial charge in [-0.15, -0.1) is 22.7 Å². The first-order valence-corrected chi connectivity index (χ1v) is 7.79. The van der Waals surface area contributed by atoms with Crippen LogP contribution in [0.3, 0.4) is 0 Å². The van der Waals surface area contributed by atoms with E-state index in [9.17, 15) is 15.4 Å². The number of nitro groups is 1. The lowest BCUT2D eigenvalue weighted by molar-refractivity contribution is -0.402. The van der Waals surface area contributed by atoms with Crippen molar-refractivity contribution in [3.8, 4) is 16.6 Å². The van der Waals surface area contributed by atoms with Crippen molar-refractivity contribution in [3.05, 3.63) is 55.9 Å². The average molecular weight is 329 g/mol. The number of allylic oxidation sites excluding steroid dienone is 1. The number of rotatable bonds is 4. The van der Waals surface area contributed by atoms with Crippen molar-refractivity contribution in [1.29, 1.82) is 5.26 Å². The van der Waals surface area contributed by atoms with Gasteiger partial charge in [0, 0.05) is 11.5 Å². The van der Waals surface area contributed by atoms with Crippen LogP contribution >= 0.6 is 22.7 Å². The molecule has 108 valence electrons. The van der Waals surface area contributed by atoms with Crippen LogP contribution < -0.4 is 0 Å². The predicted octanol–water partition coefficient (Wildman–Crippen LogP) is 4.44. The highest BCUT2D eigenvalue weighted by Crippen LogP contribution is 2.30. The fourth-order valence-corrected chi connectivity index (χ4v) is 3.28. The minimum atomic E-state index is -0.623. The summed E-state index contributed by atoms with van der Waals surface area (Å²) in [5.41, 5.74) is 1.11. The van der Waals surface area contributed by atoms with Crippen molar-refractivity contribution < 1.29 is 9.34 Å². The second-order valence-electron chi connectivity index (χ2n) is 4.12. The fourth-order valence-electron chi connectivity index (χ4n) is 1.74. The Morgan fingerprint density at radius 2 is 2.27 bits per heavy atom. The Labute approximate surface area is 132 Å². The van der Waals surface area contributed by atoms with Crippen LogP contribution in [0.25, 0.3) is 22.2 Å². The monoisotopic (exact) mass is 329 g/mol. The summed E-state index contributed by atoms with van der Waals surface area (Å²) in [7, 11) is 0. The van der Waals surface area contributed by atoms with Gasteiger partial charge in [-0.05, 0) is 17.5 Å². The SMILES string of the molecule is N#C/C(=C/c1ccc([N+](=O)[O-])o1)c1nc(-c2cccs2)cs1. The molecule has 6 nitrogen and oxygen atoms in total. The van der Waals surface area contributed by atoms with Crippen LogP contribution in [0, 0.1) is 21.4 Å². The summed E-state index contributed by atoms with van der Waals surface area (Å²) in [5.74, 6) is -0.113. The van der Waals surface area contributed by atoms with Crippen molar-refractivity contribution in [2.24, 2.45) is 0 Å². The molecule has 0 aliphatic rings. The lowest BCUT2D eigenvalue weighted by Crippen LogP contribution is -1.83. The Hall–Kier alpha value is -2.76.